The Labute approximate surface area is 185 Å². The summed E-state index contributed by atoms with van der Waals surface area (Å²) in [4.78, 5) is 18.6. The number of amides is 1. The summed E-state index contributed by atoms with van der Waals surface area (Å²) >= 11 is 1.55. The zero-order valence-corrected chi connectivity index (χ0v) is 18.5. The molecule has 3 aromatic rings. The van der Waals surface area contributed by atoms with E-state index < -0.39 is 10.0 Å². The molecule has 1 aliphatic rings. The number of hydrogen-bond donors (Lipinski definition) is 0. The van der Waals surface area contributed by atoms with Gasteiger partial charge in [0.15, 0.2) is 0 Å². The molecule has 9 heteroatoms. The van der Waals surface area contributed by atoms with Gasteiger partial charge in [0.2, 0.25) is 15.9 Å². The quantitative estimate of drug-likeness (QED) is 0.545. The van der Waals surface area contributed by atoms with E-state index in [-0.39, 0.29) is 32.2 Å². The molecule has 0 aliphatic carbocycles. The number of benzene rings is 2. The lowest BCUT2D eigenvalue weighted by Crippen LogP contribution is -2.50. The third kappa shape index (κ3) is 5.56. The second kappa shape index (κ2) is 9.69. The molecule has 162 valence electrons. The zero-order valence-electron chi connectivity index (χ0n) is 16.9. The average molecular weight is 458 g/mol. The number of carbonyl (C=O) groups excluding carboxylic acids is 1. The van der Waals surface area contributed by atoms with Gasteiger partial charge in [-0.05, 0) is 23.8 Å². The molecular weight excluding hydrogens is 434 g/mol. The Hall–Kier alpha value is -2.59. The highest BCUT2D eigenvalue weighted by atomic mass is 32.2. The highest BCUT2D eigenvalue weighted by Gasteiger charge is 2.27. The van der Waals surface area contributed by atoms with E-state index in [1.807, 2.05) is 54.6 Å². The Morgan fingerprint density at radius 1 is 1.03 bits per heavy atom. The van der Waals surface area contributed by atoms with Crippen LogP contribution < -0.4 is 0 Å². The smallest absolute Gasteiger partial charge is 0.248 e. The summed E-state index contributed by atoms with van der Waals surface area (Å²) in [6.45, 7) is 1.47. The van der Waals surface area contributed by atoms with Gasteiger partial charge in [0, 0.05) is 31.6 Å². The predicted octanol–water partition coefficient (Wildman–Crippen LogP) is 2.96. The SMILES string of the molecule is O=C(COCc1nc2ccccc2s1)N1CCN(S(=O)(=O)C=Cc2ccccc2)CC1. The first-order chi connectivity index (χ1) is 15.0. The molecule has 0 bridgehead atoms. The minimum atomic E-state index is -3.52. The van der Waals surface area contributed by atoms with Gasteiger partial charge in [0.1, 0.15) is 11.6 Å². The molecule has 31 heavy (non-hydrogen) atoms. The van der Waals surface area contributed by atoms with Crippen molar-refractivity contribution in [1.82, 2.24) is 14.2 Å². The molecule has 1 aliphatic heterocycles. The molecule has 0 spiro atoms. The van der Waals surface area contributed by atoms with Crippen LogP contribution in [0.2, 0.25) is 0 Å². The number of fused-ring (bicyclic) bond motifs is 1. The van der Waals surface area contributed by atoms with Crippen LogP contribution >= 0.6 is 11.3 Å². The number of thiazole rings is 1. The first kappa shape index (κ1) is 21.6. The maximum atomic E-state index is 12.5. The van der Waals surface area contributed by atoms with Crippen molar-refractivity contribution in [3.8, 4) is 0 Å². The lowest BCUT2D eigenvalue weighted by atomic mass is 10.2. The zero-order chi connectivity index (χ0) is 21.7. The molecule has 0 radical (unpaired) electrons. The van der Waals surface area contributed by atoms with E-state index in [4.69, 9.17) is 4.74 Å². The summed E-state index contributed by atoms with van der Waals surface area (Å²) in [5, 5.41) is 2.05. The van der Waals surface area contributed by atoms with Gasteiger partial charge in [-0.3, -0.25) is 4.79 Å². The molecule has 1 saturated heterocycles. The van der Waals surface area contributed by atoms with Crippen LogP contribution in [0, 0.1) is 0 Å². The van der Waals surface area contributed by atoms with Gasteiger partial charge in [-0.15, -0.1) is 11.3 Å². The van der Waals surface area contributed by atoms with Crippen LogP contribution in [0.15, 0.2) is 60.0 Å². The van der Waals surface area contributed by atoms with Crippen molar-refractivity contribution in [2.75, 3.05) is 32.8 Å². The summed E-state index contributed by atoms with van der Waals surface area (Å²) < 4.78 is 33.1. The second-order valence-corrected chi connectivity index (χ2v) is 10.0. The minimum Gasteiger partial charge on any atom is -0.364 e. The first-order valence-electron chi connectivity index (χ1n) is 9.94. The predicted molar refractivity (Wildman–Crippen MR) is 122 cm³/mol. The number of sulfonamides is 1. The van der Waals surface area contributed by atoms with Gasteiger partial charge in [-0.2, -0.15) is 4.31 Å². The fourth-order valence-corrected chi connectivity index (χ4v) is 5.38. The van der Waals surface area contributed by atoms with Crippen LogP contribution in [-0.2, 0) is 26.2 Å². The Kier molecular flexibility index (Phi) is 6.77. The fourth-order valence-electron chi connectivity index (χ4n) is 3.31. The topological polar surface area (TPSA) is 79.8 Å². The van der Waals surface area contributed by atoms with E-state index >= 15 is 0 Å². The van der Waals surface area contributed by atoms with Crippen LogP contribution in [-0.4, -0.2) is 61.3 Å². The molecule has 0 N–H and O–H groups in total. The summed E-state index contributed by atoms with van der Waals surface area (Å²) in [7, 11) is -3.52. The van der Waals surface area contributed by atoms with Gasteiger partial charge in [0.05, 0.1) is 16.8 Å². The molecule has 0 unspecified atom stereocenters. The van der Waals surface area contributed by atoms with Crippen molar-refractivity contribution >= 4 is 43.6 Å². The number of rotatable bonds is 7. The normalized spacial score (nSPS) is 15.7. The Balaban J connectivity index is 1.24. The second-order valence-electron chi connectivity index (χ2n) is 7.11. The lowest BCUT2D eigenvalue weighted by molar-refractivity contribution is -0.137. The Morgan fingerprint density at radius 3 is 2.48 bits per heavy atom. The van der Waals surface area contributed by atoms with E-state index in [2.05, 4.69) is 4.98 Å². The van der Waals surface area contributed by atoms with Crippen molar-refractivity contribution in [1.29, 1.82) is 0 Å². The van der Waals surface area contributed by atoms with Crippen LogP contribution in [0.1, 0.15) is 10.6 Å². The Morgan fingerprint density at radius 2 is 1.74 bits per heavy atom. The number of hydrogen-bond acceptors (Lipinski definition) is 6. The Bertz CT molecular complexity index is 1130. The number of carbonyl (C=O) groups is 1. The maximum Gasteiger partial charge on any atom is 0.248 e. The first-order valence-corrected chi connectivity index (χ1v) is 12.3. The molecule has 1 aromatic heterocycles. The number of nitrogens with zero attached hydrogens (tertiary/aromatic N) is 3. The van der Waals surface area contributed by atoms with E-state index in [1.165, 1.54) is 9.71 Å². The van der Waals surface area contributed by atoms with E-state index in [0.717, 1.165) is 20.8 Å². The summed E-state index contributed by atoms with van der Waals surface area (Å²) in [6, 6.07) is 17.1. The van der Waals surface area contributed by atoms with Crippen molar-refractivity contribution in [2.24, 2.45) is 0 Å². The van der Waals surface area contributed by atoms with Gasteiger partial charge >= 0.3 is 0 Å². The van der Waals surface area contributed by atoms with Gasteiger partial charge in [-0.1, -0.05) is 42.5 Å². The van der Waals surface area contributed by atoms with Crippen molar-refractivity contribution in [2.45, 2.75) is 6.61 Å². The van der Waals surface area contributed by atoms with E-state index in [1.54, 1.807) is 22.3 Å². The third-order valence-corrected chi connectivity index (χ3v) is 7.55. The van der Waals surface area contributed by atoms with Gasteiger partial charge in [-0.25, -0.2) is 13.4 Å². The van der Waals surface area contributed by atoms with E-state index in [0.29, 0.717) is 13.1 Å². The van der Waals surface area contributed by atoms with Crippen LogP contribution in [0.4, 0.5) is 0 Å². The van der Waals surface area contributed by atoms with E-state index in [9.17, 15) is 13.2 Å². The van der Waals surface area contributed by atoms with Crippen molar-refractivity contribution < 1.29 is 17.9 Å². The molecule has 1 amide bonds. The van der Waals surface area contributed by atoms with Gasteiger partial charge in [0.25, 0.3) is 0 Å². The number of para-hydroxylation sites is 1. The largest absolute Gasteiger partial charge is 0.364 e. The molecule has 1 fully saturated rings. The fraction of sp³-hybridized carbons (Fsp3) is 0.273. The minimum absolute atomic E-state index is 0.0451. The lowest BCUT2D eigenvalue weighted by Gasteiger charge is -2.33. The van der Waals surface area contributed by atoms with Crippen LogP contribution in [0.5, 0.6) is 0 Å². The standard InChI is InChI=1S/C22H23N3O4S2/c26-22(17-29-16-21-23-19-8-4-5-9-20(19)30-21)24-11-13-25(14-12-24)31(27,28)15-10-18-6-2-1-3-7-18/h1-10,15H,11-14,16-17H2. The maximum absolute atomic E-state index is 12.5. The molecule has 4 rings (SSSR count). The number of ether oxygens (including phenoxy) is 1. The van der Waals surface area contributed by atoms with Crippen LogP contribution in [0.25, 0.3) is 16.3 Å². The van der Waals surface area contributed by atoms with Crippen molar-refractivity contribution in [3.63, 3.8) is 0 Å². The molecular formula is C22H23N3O4S2. The molecule has 2 aromatic carbocycles. The summed E-state index contributed by atoms with van der Waals surface area (Å²) in [5.41, 5.74) is 1.75. The molecule has 0 atom stereocenters. The van der Waals surface area contributed by atoms with Crippen molar-refractivity contribution in [3.05, 3.63) is 70.6 Å². The summed E-state index contributed by atoms with van der Waals surface area (Å²) in [5.74, 6) is -0.141. The number of aromatic nitrogens is 1. The van der Waals surface area contributed by atoms with Crippen LogP contribution in [0.3, 0.4) is 0 Å². The number of piperazine rings is 1. The molecule has 7 nitrogen and oxygen atoms in total. The summed E-state index contributed by atoms with van der Waals surface area (Å²) in [6.07, 6.45) is 1.59. The third-order valence-electron chi connectivity index (χ3n) is 4.97. The highest BCUT2D eigenvalue weighted by molar-refractivity contribution is 7.92. The van der Waals surface area contributed by atoms with Gasteiger partial charge < -0.3 is 9.64 Å². The molecule has 2 heterocycles. The average Bonchev–Trinajstić information content (AvgIpc) is 3.21. The highest BCUT2D eigenvalue weighted by Crippen LogP contribution is 2.22. The molecule has 0 saturated carbocycles. The monoisotopic (exact) mass is 457 g/mol.